The minimum Gasteiger partial charge on any atom is -0.0998 e. The normalized spacial score (nSPS) is 17.9. The molecule has 2 aromatic rings. The molecule has 0 bridgehead atoms. The van der Waals surface area contributed by atoms with Crippen LogP contribution in [0.1, 0.15) is 26.2 Å². The van der Waals surface area contributed by atoms with Crippen molar-refractivity contribution in [1.82, 2.24) is 0 Å². The molecule has 1 aliphatic carbocycles. The summed E-state index contributed by atoms with van der Waals surface area (Å²) in [6.45, 7) is 6.27. The molecule has 1 unspecified atom stereocenters. The van der Waals surface area contributed by atoms with Crippen LogP contribution in [0.3, 0.4) is 0 Å². The molecule has 0 nitrogen and oxygen atoms in total. The Kier molecular flexibility index (Phi) is 5.83. The molecule has 2 aromatic carbocycles. The number of rotatable bonds is 5. The first-order valence-electron chi connectivity index (χ1n) is 8.66. The smallest absolute Gasteiger partial charge is 0.0157 e. The largest absolute Gasteiger partial charge is 0.0998 e. The summed E-state index contributed by atoms with van der Waals surface area (Å²) in [4.78, 5) is 0. The van der Waals surface area contributed by atoms with Crippen LogP contribution in [-0.2, 0) is 0 Å². The van der Waals surface area contributed by atoms with Gasteiger partial charge in [-0.3, -0.25) is 0 Å². The van der Waals surface area contributed by atoms with Crippen LogP contribution < -0.4 is 10.6 Å². The average molecular weight is 332 g/mol. The van der Waals surface area contributed by atoms with Gasteiger partial charge in [0.05, 0.1) is 0 Å². The molecule has 0 aliphatic heterocycles. The van der Waals surface area contributed by atoms with Gasteiger partial charge in [-0.15, -0.1) is 0 Å². The van der Waals surface area contributed by atoms with Crippen LogP contribution >= 0.6 is 7.92 Å². The fourth-order valence-electron chi connectivity index (χ4n) is 3.12. The van der Waals surface area contributed by atoms with E-state index in [2.05, 4.69) is 92.1 Å². The summed E-state index contributed by atoms with van der Waals surface area (Å²) in [6.07, 6.45) is 8.31. The summed E-state index contributed by atoms with van der Waals surface area (Å²) in [6, 6.07) is 21.7. The Morgan fingerprint density at radius 2 is 1.58 bits per heavy atom. The van der Waals surface area contributed by atoms with E-state index in [1.165, 1.54) is 34.6 Å². The summed E-state index contributed by atoms with van der Waals surface area (Å²) in [5.41, 5.74) is 2.80. The molecule has 24 heavy (non-hydrogen) atoms. The van der Waals surface area contributed by atoms with Gasteiger partial charge in [0.1, 0.15) is 0 Å². The lowest BCUT2D eigenvalue weighted by atomic mass is 9.86. The molecule has 0 heterocycles. The maximum Gasteiger partial charge on any atom is -0.0157 e. The SMILES string of the molecule is C=C(C)C1CC=C(/C=C\P(c2ccccc2)c2ccccc2)CC1. The Morgan fingerprint density at radius 3 is 2.04 bits per heavy atom. The fourth-order valence-corrected chi connectivity index (χ4v) is 5.09. The van der Waals surface area contributed by atoms with Crippen LogP contribution in [0.5, 0.6) is 0 Å². The van der Waals surface area contributed by atoms with Crippen LogP contribution in [-0.4, -0.2) is 0 Å². The van der Waals surface area contributed by atoms with Gasteiger partial charge in [0, 0.05) is 0 Å². The molecule has 122 valence electrons. The fraction of sp³-hybridized carbons (Fsp3) is 0.217. The van der Waals surface area contributed by atoms with Crippen molar-refractivity contribution in [2.75, 3.05) is 0 Å². The van der Waals surface area contributed by atoms with E-state index in [1.54, 1.807) is 0 Å². The van der Waals surface area contributed by atoms with Crippen LogP contribution in [0.25, 0.3) is 0 Å². The standard InChI is InChI=1S/C23H25P/c1-19(2)21-15-13-20(14-16-21)17-18-24(22-9-5-3-6-10-22)23-11-7-4-8-12-23/h3-13,17-18,21H,1,14-16H2,2H3/b18-17-. The predicted molar refractivity (Wildman–Crippen MR) is 108 cm³/mol. The summed E-state index contributed by atoms with van der Waals surface area (Å²) in [5, 5.41) is 2.82. The number of hydrogen-bond acceptors (Lipinski definition) is 0. The molecule has 0 spiro atoms. The average Bonchev–Trinajstić information content (AvgIpc) is 2.64. The molecule has 1 aliphatic rings. The zero-order valence-corrected chi connectivity index (χ0v) is 15.3. The summed E-state index contributed by atoms with van der Waals surface area (Å²) >= 11 is 0. The van der Waals surface area contributed by atoms with Crippen molar-refractivity contribution >= 4 is 18.5 Å². The van der Waals surface area contributed by atoms with Crippen LogP contribution in [0.15, 0.2) is 96.4 Å². The maximum absolute atomic E-state index is 4.11. The molecule has 1 atom stereocenters. The van der Waals surface area contributed by atoms with E-state index >= 15 is 0 Å². The molecule has 0 saturated heterocycles. The molecule has 1 heteroatoms. The van der Waals surface area contributed by atoms with Crippen molar-refractivity contribution in [2.24, 2.45) is 5.92 Å². The van der Waals surface area contributed by atoms with Crippen molar-refractivity contribution in [1.29, 1.82) is 0 Å². The third-order valence-corrected chi connectivity index (χ3v) is 6.81. The highest BCUT2D eigenvalue weighted by molar-refractivity contribution is 7.75. The third-order valence-electron chi connectivity index (χ3n) is 4.65. The third kappa shape index (κ3) is 4.34. The van der Waals surface area contributed by atoms with Crippen molar-refractivity contribution in [2.45, 2.75) is 26.2 Å². The minimum absolute atomic E-state index is 0.438. The van der Waals surface area contributed by atoms with E-state index in [0.717, 1.165) is 6.42 Å². The van der Waals surface area contributed by atoms with E-state index in [4.69, 9.17) is 0 Å². The highest BCUT2D eigenvalue weighted by Gasteiger charge is 2.14. The summed E-state index contributed by atoms with van der Waals surface area (Å²) in [5.74, 6) is 3.10. The molecule has 0 aromatic heterocycles. The number of benzene rings is 2. The van der Waals surface area contributed by atoms with Gasteiger partial charge in [-0.25, -0.2) is 0 Å². The highest BCUT2D eigenvalue weighted by Crippen LogP contribution is 2.37. The lowest BCUT2D eigenvalue weighted by Gasteiger charge is -2.21. The predicted octanol–water partition coefficient (Wildman–Crippen LogP) is 5.94. The second kappa shape index (κ2) is 8.27. The molecule has 0 saturated carbocycles. The molecule has 0 fully saturated rings. The van der Waals surface area contributed by atoms with Crippen LogP contribution in [0.4, 0.5) is 0 Å². The molecular formula is C23H25P. The summed E-state index contributed by atoms with van der Waals surface area (Å²) < 4.78 is 0. The van der Waals surface area contributed by atoms with Crippen molar-refractivity contribution < 1.29 is 0 Å². The Morgan fingerprint density at radius 1 is 1.00 bits per heavy atom. The molecule has 0 amide bonds. The van der Waals surface area contributed by atoms with Gasteiger partial charge in [-0.2, -0.15) is 0 Å². The van der Waals surface area contributed by atoms with Gasteiger partial charge in [0.2, 0.25) is 0 Å². The quantitative estimate of drug-likeness (QED) is 0.470. The Bertz CT molecular complexity index is 686. The lowest BCUT2D eigenvalue weighted by molar-refractivity contribution is 0.545. The van der Waals surface area contributed by atoms with Crippen molar-refractivity contribution in [3.63, 3.8) is 0 Å². The Hall–Kier alpha value is -1.91. The molecule has 0 N–H and O–H groups in total. The first-order valence-corrected chi connectivity index (χ1v) is 10.1. The summed E-state index contributed by atoms with van der Waals surface area (Å²) in [7, 11) is -0.438. The first-order chi connectivity index (χ1) is 11.7. The van der Waals surface area contributed by atoms with Crippen molar-refractivity contribution in [3.8, 4) is 0 Å². The van der Waals surface area contributed by atoms with E-state index in [-0.39, 0.29) is 0 Å². The second-order valence-corrected chi connectivity index (χ2v) is 8.52. The van der Waals surface area contributed by atoms with Gasteiger partial charge in [-0.1, -0.05) is 96.4 Å². The van der Waals surface area contributed by atoms with E-state index in [0.29, 0.717) is 5.92 Å². The molecule has 3 rings (SSSR count). The number of hydrogen-bond donors (Lipinski definition) is 0. The van der Waals surface area contributed by atoms with Gasteiger partial charge in [0.25, 0.3) is 0 Å². The number of allylic oxidation sites excluding steroid dienone is 4. The zero-order valence-electron chi connectivity index (χ0n) is 14.4. The maximum atomic E-state index is 4.11. The van der Waals surface area contributed by atoms with Crippen LogP contribution in [0.2, 0.25) is 0 Å². The monoisotopic (exact) mass is 332 g/mol. The second-order valence-electron chi connectivity index (χ2n) is 6.45. The Balaban J connectivity index is 1.82. The Labute approximate surface area is 147 Å². The first kappa shape index (κ1) is 16.9. The zero-order chi connectivity index (χ0) is 16.8. The van der Waals surface area contributed by atoms with Gasteiger partial charge >= 0.3 is 0 Å². The van der Waals surface area contributed by atoms with Crippen LogP contribution in [0, 0.1) is 5.92 Å². The van der Waals surface area contributed by atoms with E-state index < -0.39 is 7.92 Å². The lowest BCUT2D eigenvalue weighted by Crippen LogP contribution is -2.09. The molecular weight excluding hydrogens is 307 g/mol. The van der Waals surface area contributed by atoms with Gasteiger partial charge < -0.3 is 0 Å². The van der Waals surface area contributed by atoms with Crippen molar-refractivity contribution in [3.05, 3.63) is 96.4 Å². The van der Waals surface area contributed by atoms with Gasteiger partial charge in [0.15, 0.2) is 0 Å². The van der Waals surface area contributed by atoms with E-state index in [1.807, 2.05) is 0 Å². The van der Waals surface area contributed by atoms with Gasteiger partial charge in [-0.05, 0) is 50.6 Å². The topological polar surface area (TPSA) is 0 Å². The minimum atomic E-state index is -0.438. The van der Waals surface area contributed by atoms with E-state index in [9.17, 15) is 0 Å². The molecule has 0 radical (unpaired) electrons. The highest BCUT2D eigenvalue weighted by atomic mass is 31.1.